The normalized spacial score (nSPS) is 10.6. The summed E-state index contributed by atoms with van der Waals surface area (Å²) in [6, 6.07) is 11.6. The van der Waals surface area contributed by atoms with Crippen LogP contribution in [-0.2, 0) is 0 Å². The van der Waals surface area contributed by atoms with Gasteiger partial charge >= 0.3 is 0 Å². The van der Waals surface area contributed by atoms with E-state index in [-0.39, 0.29) is 0 Å². The van der Waals surface area contributed by atoms with E-state index < -0.39 is 0 Å². The molecule has 3 rings (SSSR count). The average Bonchev–Trinajstić information content (AvgIpc) is 2.83. The summed E-state index contributed by atoms with van der Waals surface area (Å²) in [7, 11) is 0. The number of aromatic amines is 1. The lowest BCUT2D eigenvalue weighted by Crippen LogP contribution is -1.85. The lowest BCUT2D eigenvalue weighted by atomic mass is 10.2. The number of hydrogen-bond donors (Lipinski definition) is 2. The van der Waals surface area contributed by atoms with Gasteiger partial charge in [-0.3, -0.25) is 4.98 Å². The molecule has 2 aromatic heterocycles. The molecule has 0 unspecified atom stereocenters. The van der Waals surface area contributed by atoms with Crippen molar-refractivity contribution in [2.45, 2.75) is 6.92 Å². The van der Waals surface area contributed by atoms with Crippen molar-refractivity contribution < 1.29 is 0 Å². The molecule has 3 N–H and O–H groups in total. The van der Waals surface area contributed by atoms with Crippen LogP contribution in [0.1, 0.15) is 5.69 Å². The second-order valence-corrected chi connectivity index (χ2v) is 4.42. The van der Waals surface area contributed by atoms with Crippen molar-refractivity contribution in [3.05, 3.63) is 54.5 Å². The number of aromatic nitrogens is 3. The summed E-state index contributed by atoms with van der Waals surface area (Å²) >= 11 is 0. The Morgan fingerprint density at radius 3 is 2.32 bits per heavy atom. The molecule has 19 heavy (non-hydrogen) atoms. The summed E-state index contributed by atoms with van der Waals surface area (Å²) in [5.41, 5.74) is 10.5. The number of pyridine rings is 1. The fraction of sp³-hybridized carbons (Fsp3) is 0.0667. The van der Waals surface area contributed by atoms with Crippen molar-refractivity contribution in [1.29, 1.82) is 0 Å². The van der Waals surface area contributed by atoms with Crippen LogP contribution < -0.4 is 5.73 Å². The molecule has 0 fully saturated rings. The maximum absolute atomic E-state index is 5.69. The Kier molecular flexibility index (Phi) is 2.76. The van der Waals surface area contributed by atoms with Gasteiger partial charge in [0.05, 0.1) is 5.69 Å². The first-order chi connectivity index (χ1) is 9.24. The van der Waals surface area contributed by atoms with E-state index in [1.54, 1.807) is 12.4 Å². The Labute approximate surface area is 111 Å². The second-order valence-electron chi connectivity index (χ2n) is 4.42. The first-order valence-corrected chi connectivity index (χ1v) is 6.07. The van der Waals surface area contributed by atoms with Crippen molar-refractivity contribution in [2.75, 3.05) is 5.73 Å². The highest BCUT2D eigenvalue weighted by molar-refractivity contribution is 5.67. The van der Waals surface area contributed by atoms with Crippen LogP contribution in [0.3, 0.4) is 0 Å². The smallest absolute Gasteiger partial charge is 0.138 e. The van der Waals surface area contributed by atoms with Crippen LogP contribution in [0.15, 0.2) is 48.8 Å². The zero-order chi connectivity index (χ0) is 13.2. The number of imidazole rings is 1. The minimum absolute atomic E-state index is 0.751. The van der Waals surface area contributed by atoms with Gasteiger partial charge < -0.3 is 10.7 Å². The van der Waals surface area contributed by atoms with Crippen LogP contribution >= 0.6 is 0 Å². The van der Waals surface area contributed by atoms with Crippen molar-refractivity contribution in [1.82, 2.24) is 15.0 Å². The summed E-state index contributed by atoms with van der Waals surface area (Å²) in [5.74, 6) is 0.851. The molecule has 1 aromatic carbocycles. The Hall–Kier alpha value is -2.62. The maximum atomic E-state index is 5.69. The molecule has 4 heteroatoms. The first-order valence-electron chi connectivity index (χ1n) is 6.07. The third kappa shape index (κ3) is 2.20. The van der Waals surface area contributed by atoms with Crippen molar-refractivity contribution in [2.24, 2.45) is 0 Å². The van der Waals surface area contributed by atoms with Gasteiger partial charge in [-0.25, -0.2) is 4.98 Å². The number of anilines is 1. The largest absolute Gasteiger partial charge is 0.399 e. The summed E-state index contributed by atoms with van der Waals surface area (Å²) in [5, 5.41) is 0. The highest BCUT2D eigenvalue weighted by Crippen LogP contribution is 2.25. The van der Waals surface area contributed by atoms with Crippen LogP contribution in [0, 0.1) is 6.92 Å². The third-order valence-electron chi connectivity index (χ3n) is 3.02. The molecule has 4 nitrogen and oxygen atoms in total. The van der Waals surface area contributed by atoms with E-state index in [1.807, 2.05) is 43.3 Å². The highest BCUT2D eigenvalue weighted by Gasteiger charge is 2.09. The standard InChI is InChI=1S/C15H14N4/c1-10-14(11-6-8-17-9-7-11)19-15(18-10)12-2-4-13(16)5-3-12/h2-9H,16H2,1H3,(H,18,19). The summed E-state index contributed by atoms with van der Waals surface area (Å²) < 4.78 is 0. The fourth-order valence-corrected chi connectivity index (χ4v) is 2.03. The predicted molar refractivity (Wildman–Crippen MR) is 76.4 cm³/mol. The number of benzene rings is 1. The monoisotopic (exact) mass is 250 g/mol. The maximum Gasteiger partial charge on any atom is 0.138 e. The molecular weight excluding hydrogens is 236 g/mol. The molecule has 0 aliphatic heterocycles. The van der Waals surface area contributed by atoms with Crippen molar-refractivity contribution in [3.8, 4) is 22.6 Å². The molecule has 0 saturated heterocycles. The van der Waals surface area contributed by atoms with Crippen LogP contribution in [0.25, 0.3) is 22.6 Å². The molecule has 0 bridgehead atoms. The van der Waals surface area contributed by atoms with E-state index in [4.69, 9.17) is 5.73 Å². The van der Waals surface area contributed by atoms with Gasteiger partial charge in [0.15, 0.2) is 0 Å². The van der Waals surface area contributed by atoms with Gasteiger partial charge in [0.25, 0.3) is 0 Å². The third-order valence-corrected chi connectivity index (χ3v) is 3.02. The number of nitrogens with zero attached hydrogens (tertiary/aromatic N) is 2. The highest BCUT2D eigenvalue weighted by atomic mass is 14.9. The number of nitrogens with one attached hydrogen (secondary N) is 1. The Morgan fingerprint density at radius 1 is 0.947 bits per heavy atom. The topological polar surface area (TPSA) is 67.6 Å². The molecule has 0 saturated carbocycles. The number of aryl methyl sites for hydroxylation is 1. The van der Waals surface area contributed by atoms with E-state index in [0.717, 1.165) is 34.0 Å². The van der Waals surface area contributed by atoms with E-state index in [9.17, 15) is 0 Å². The van der Waals surface area contributed by atoms with Gasteiger partial charge in [0.1, 0.15) is 5.82 Å². The number of nitrogens with two attached hydrogens (primary N) is 1. The molecule has 0 amide bonds. The quantitative estimate of drug-likeness (QED) is 0.687. The molecule has 2 heterocycles. The Bertz CT molecular complexity index is 684. The predicted octanol–water partition coefficient (Wildman–Crippen LogP) is 3.03. The second kappa shape index (κ2) is 4.57. The van der Waals surface area contributed by atoms with Crippen molar-refractivity contribution >= 4 is 5.69 Å². The van der Waals surface area contributed by atoms with Crippen LogP contribution in [-0.4, -0.2) is 15.0 Å². The summed E-state index contributed by atoms with van der Waals surface area (Å²) in [6.07, 6.45) is 3.54. The van der Waals surface area contributed by atoms with E-state index in [2.05, 4.69) is 15.0 Å². The van der Waals surface area contributed by atoms with E-state index in [0.29, 0.717) is 0 Å². The zero-order valence-corrected chi connectivity index (χ0v) is 10.6. The lowest BCUT2D eigenvalue weighted by Gasteiger charge is -1.97. The van der Waals surface area contributed by atoms with Crippen molar-refractivity contribution in [3.63, 3.8) is 0 Å². The lowest BCUT2D eigenvalue weighted by molar-refractivity contribution is 1.25. The Morgan fingerprint density at radius 2 is 1.63 bits per heavy atom. The average molecular weight is 250 g/mol. The van der Waals surface area contributed by atoms with E-state index in [1.165, 1.54) is 0 Å². The van der Waals surface area contributed by atoms with E-state index >= 15 is 0 Å². The number of nitrogen functional groups attached to an aromatic ring is 1. The number of H-pyrrole nitrogens is 1. The zero-order valence-electron chi connectivity index (χ0n) is 10.6. The molecule has 0 radical (unpaired) electrons. The first kappa shape index (κ1) is 11.5. The minimum atomic E-state index is 0.751. The summed E-state index contributed by atoms with van der Waals surface area (Å²) in [4.78, 5) is 12.0. The SMILES string of the molecule is Cc1[nH]c(-c2ccc(N)cc2)nc1-c1ccncc1. The molecular formula is C15H14N4. The number of rotatable bonds is 2. The molecule has 3 aromatic rings. The molecule has 0 aliphatic carbocycles. The minimum Gasteiger partial charge on any atom is -0.399 e. The van der Waals surface area contributed by atoms with Gasteiger partial charge in [-0.15, -0.1) is 0 Å². The van der Waals surface area contributed by atoms with Crippen LogP contribution in [0.5, 0.6) is 0 Å². The Balaban J connectivity index is 2.04. The summed E-state index contributed by atoms with van der Waals surface area (Å²) in [6.45, 7) is 2.02. The molecule has 0 aliphatic rings. The van der Waals surface area contributed by atoms with Gasteiger partial charge in [0.2, 0.25) is 0 Å². The van der Waals surface area contributed by atoms with Crippen LogP contribution in [0.2, 0.25) is 0 Å². The molecule has 0 atom stereocenters. The van der Waals surface area contributed by atoms with Gasteiger partial charge in [0, 0.05) is 34.9 Å². The van der Waals surface area contributed by atoms with Gasteiger partial charge in [-0.1, -0.05) is 0 Å². The van der Waals surface area contributed by atoms with Crippen LogP contribution in [0.4, 0.5) is 5.69 Å². The molecule has 0 spiro atoms. The number of hydrogen-bond acceptors (Lipinski definition) is 3. The molecule has 94 valence electrons. The van der Waals surface area contributed by atoms with Gasteiger partial charge in [-0.05, 0) is 43.3 Å². The fourth-order valence-electron chi connectivity index (χ4n) is 2.03. The van der Waals surface area contributed by atoms with Gasteiger partial charge in [-0.2, -0.15) is 0 Å².